The molecule has 22 heavy (non-hydrogen) atoms. The summed E-state index contributed by atoms with van der Waals surface area (Å²) in [6.07, 6.45) is 1.69. The molecule has 0 aliphatic heterocycles. The fraction of sp³-hybridized carbons (Fsp3) is 0.167. The van der Waals surface area contributed by atoms with Crippen molar-refractivity contribution in [2.24, 2.45) is 0 Å². The van der Waals surface area contributed by atoms with Crippen LogP contribution in [0.25, 0.3) is 22.1 Å². The lowest BCUT2D eigenvalue weighted by Gasteiger charge is -2.02. The zero-order valence-corrected chi connectivity index (χ0v) is 12.3. The fourth-order valence-electron chi connectivity index (χ4n) is 2.70. The van der Waals surface area contributed by atoms with Crippen LogP contribution in [0.3, 0.4) is 0 Å². The van der Waals surface area contributed by atoms with Gasteiger partial charge < -0.3 is 13.6 Å². The molecule has 0 N–H and O–H groups in total. The van der Waals surface area contributed by atoms with Crippen molar-refractivity contribution in [1.29, 1.82) is 0 Å². The number of fused-ring (bicyclic) bond motifs is 2. The van der Waals surface area contributed by atoms with E-state index in [-0.39, 0.29) is 0 Å². The number of furan rings is 1. The van der Waals surface area contributed by atoms with E-state index >= 15 is 0 Å². The molecule has 110 valence electrons. The van der Waals surface area contributed by atoms with Crippen molar-refractivity contribution in [3.8, 4) is 5.75 Å². The Kier molecular flexibility index (Phi) is 3.07. The highest BCUT2D eigenvalue weighted by Crippen LogP contribution is 2.23. The first-order chi connectivity index (χ1) is 10.8. The summed E-state index contributed by atoms with van der Waals surface area (Å²) in [6, 6.07) is 15.8. The second-order valence-corrected chi connectivity index (χ2v) is 5.21. The van der Waals surface area contributed by atoms with Crippen LogP contribution in [0.2, 0.25) is 0 Å². The van der Waals surface area contributed by atoms with E-state index in [1.165, 1.54) is 0 Å². The Morgan fingerprint density at radius 2 is 1.91 bits per heavy atom. The monoisotopic (exact) mass is 294 g/mol. The molecule has 0 radical (unpaired) electrons. The first kappa shape index (κ1) is 13.0. The van der Waals surface area contributed by atoms with Crippen molar-refractivity contribution < 1.29 is 18.1 Å². The summed E-state index contributed by atoms with van der Waals surface area (Å²) in [5, 5.41) is 1.08. The maximum Gasteiger partial charge on any atom is 0.344 e. The minimum absolute atomic E-state index is 0.591. The van der Waals surface area contributed by atoms with Gasteiger partial charge in [0.05, 0.1) is 13.2 Å². The summed E-state index contributed by atoms with van der Waals surface area (Å²) in [4.78, 5) is 0. The number of nitrogens with zero attached hydrogens (tertiary/aromatic N) is 1. The van der Waals surface area contributed by atoms with Gasteiger partial charge in [-0.05, 0) is 18.2 Å². The number of ether oxygens (including phenoxy) is 1. The van der Waals surface area contributed by atoms with Gasteiger partial charge in [0.15, 0.2) is 6.54 Å². The molecule has 2 aromatic heterocycles. The van der Waals surface area contributed by atoms with Gasteiger partial charge in [0.1, 0.15) is 17.9 Å². The van der Waals surface area contributed by atoms with Crippen molar-refractivity contribution in [1.82, 2.24) is 0 Å². The molecule has 0 aliphatic carbocycles. The molecule has 0 saturated heterocycles. The average molecular weight is 294 g/mol. The lowest BCUT2D eigenvalue weighted by Crippen LogP contribution is -2.38. The molecular formula is C18H16NO3+. The van der Waals surface area contributed by atoms with Gasteiger partial charge in [0, 0.05) is 17.5 Å². The first-order valence-corrected chi connectivity index (χ1v) is 7.29. The Balaban J connectivity index is 1.61. The maximum absolute atomic E-state index is 5.83. The minimum Gasteiger partial charge on any atom is -0.487 e. The van der Waals surface area contributed by atoms with E-state index in [1.807, 2.05) is 49.4 Å². The molecule has 4 nitrogen and oxygen atoms in total. The molecule has 0 atom stereocenters. The Hall–Kier alpha value is -2.75. The highest BCUT2D eigenvalue weighted by Gasteiger charge is 2.20. The molecule has 0 spiro atoms. The van der Waals surface area contributed by atoms with Crippen molar-refractivity contribution in [3.63, 3.8) is 0 Å². The molecule has 4 rings (SSSR count). The van der Waals surface area contributed by atoms with Gasteiger partial charge in [-0.25, -0.2) is 0 Å². The smallest absolute Gasteiger partial charge is 0.344 e. The fourth-order valence-corrected chi connectivity index (χ4v) is 2.70. The number of oxazole rings is 1. The van der Waals surface area contributed by atoms with Gasteiger partial charge in [-0.2, -0.15) is 4.57 Å². The van der Waals surface area contributed by atoms with Gasteiger partial charge in [-0.15, -0.1) is 0 Å². The Morgan fingerprint density at radius 3 is 2.77 bits per heavy atom. The van der Waals surface area contributed by atoms with Crippen molar-refractivity contribution in [2.75, 3.05) is 6.61 Å². The first-order valence-electron chi connectivity index (χ1n) is 7.29. The van der Waals surface area contributed by atoms with E-state index in [4.69, 9.17) is 13.6 Å². The molecule has 2 heterocycles. The van der Waals surface area contributed by atoms with Crippen molar-refractivity contribution in [2.45, 2.75) is 13.5 Å². The summed E-state index contributed by atoms with van der Waals surface area (Å²) in [7, 11) is 0. The van der Waals surface area contributed by atoms with Crippen LogP contribution < -0.4 is 9.30 Å². The SMILES string of the molecule is Cc1oc2cc3occc3cc2[n+]1CCOc1ccccc1. The van der Waals surface area contributed by atoms with Crippen LogP contribution in [-0.4, -0.2) is 6.61 Å². The quantitative estimate of drug-likeness (QED) is 0.537. The van der Waals surface area contributed by atoms with Crippen LogP contribution >= 0.6 is 0 Å². The molecule has 4 aromatic rings. The zero-order valence-electron chi connectivity index (χ0n) is 12.3. The Bertz CT molecular complexity index is 921. The number of hydrogen-bond donors (Lipinski definition) is 0. The predicted octanol–water partition coefficient (Wildman–Crippen LogP) is 3.85. The molecule has 4 heteroatoms. The molecular weight excluding hydrogens is 278 g/mol. The van der Waals surface area contributed by atoms with Crippen molar-refractivity contribution in [3.05, 3.63) is 60.7 Å². The van der Waals surface area contributed by atoms with E-state index in [9.17, 15) is 0 Å². The standard InChI is InChI=1S/C18H16NO3/c1-13-19(8-10-20-15-5-3-2-4-6-15)16-11-14-7-9-21-17(14)12-18(16)22-13/h2-7,9,11-12H,8,10H2,1H3/q+1. The van der Waals surface area contributed by atoms with Crippen LogP contribution in [0.4, 0.5) is 0 Å². The summed E-state index contributed by atoms with van der Waals surface area (Å²) >= 11 is 0. The Labute approximate surface area is 127 Å². The third-order valence-corrected chi connectivity index (χ3v) is 3.79. The average Bonchev–Trinajstić information content (AvgIpc) is 3.10. The van der Waals surface area contributed by atoms with Gasteiger partial charge in [-0.1, -0.05) is 18.2 Å². The summed E-state index contributed by atoms with van der Waals surface area (Å²) in [6.45, 7) is 3.29. The third kappa shape index (κ3) is 2.22. The van der Waals surface area contributed by atoms with Gasteiger partial charge in [-0.3, -0.25) is 0 Å². The molecule has 0 bridgehead atoms. The van der Waals surface area contributed by atoms with Crippen molar-refractivity contribution >= 4 is 22.1 Å². The van der Waals surface area contributed by atoms with Gasteiger partial charge in [0.25, 0.3) is 5.52 Å². The topological polar surface area (TPSA) is 39.4 Å². The normalized spacial score (nSPS) is 11.3. The molecule has 0 aliphatic rings. The highest BCUT2D eigenvalue weighted by atomic mass is 16.5. The third-order valence-electron chi connectivity index (χ3n) is 3.79. The van der Waals surface area contributed by atoms with E-state index < -0.39 is 0 Å². The number of aryl methyl sites for hydroxylation is 1. The highest BCUT2D eigenvalue weighted by molar-refractivity contribution is 5.89. The number of hydrogen-bond acceptors (Lipinski definition) is 3. The van der Waals surface area contributed by atoms with Crippen LogP contribution in [0, 0.1) is 6.92 Å². The number of benzene rings is 2. The molecule has 0 amide bonds. The van der Waals surface area contributed by atoms with Gasteiger partial charge in [0.2, 0.25) is 5.58 Å². The lowest BCUT2D eigenvalue weighted by molar-refractivity contribution is -0.683. The maximum atomic E-state index is 5.83. The van der Waals surface area contributed by atoms with E-state index in [0.717, 1.165) is 40.3 Å². The number of aromatic nitrogens is 1. The molecule has 0 unspecified atom stereocenters. The molecule has 0 fully saturated rings. The lowest BCUT2D eigenvalue weighted by atomic mass is 10.2. The van der Waals surface area contributed by atoms with Crippen LogP contribution in [0.15, 0.2) is 63.6 Å². The second kappa shape index (κ2) is 5.22. The Morgan fingerprint density at radius 1 is 1.05 bits per heavy atom. The zero-order chi connectivity index (χ0) is 14.9. The van der Waals surface area contributed by atoms with Crippen LogP contribution in [0.5, 0.6) is 5.75 Å². The predicted molar refractivity (Wildman–Crippen MR) is 82.9 cm³/mol. The summed E-state index contributed by atoms with van der Waals surface area (Å²) < 4.78 is 19.2. The van der Waals surface area contributed by atoms with Crippen LogP contribution in [-0.2, 0) is 6.54 Å². The van der Waals surface area contributed by atoms with Crippen LogP contribution in [0.1, 0.15) is 5.89 Å². The largest absolute Gasteiger partial charge is 0.487 e. The summed E-state index contributed by atoms with van der Waals surface area (Å²) in [5.41, 5.74) is 2.73. The van der Waals surface area contributed by atoms with Gasteiger partial charge >= 0.3 is 5.89 Å². The van der Waals surface area contributed by atoms with E-state index in [0.29, 0.717) is 6.61 Å². The number of para-hydroxylation sites is 1. The number of rotatable bonds is 4. The summed E-state index contributed by atoms with van der Waals surface area (Å²) in [5.74, 6) is 1.74. The van der Waals surface area contributed by atoms with E-state index in [1.54, 1.807) is 6.26 Å². The van der Waals surface area contributed by atoms with E-state index in [2.05, 4.69) is 10.6 Å². The molecule has 2 aromatic carbocycles. The molecule has 0 saturated carbocycles. The second-order valence-electron chi connectivity index (χ2n) is 5.21. The minimum atomic E-state index is 0.591.